The third-order valence-electron chi connectivity index (χ3n) is 3.63. The monoisotopic (exact) mass is 255 g/mol. The van der Waals surface area contributed by atoms with Gasteiger partial charge in [-0.2, -0.15) is 0 Å². The molecule has 2 aromatic rings. The highest BCUT2D eigenvalue weighted by Gasteiger charge is 2.26. The van der Waals surface area contributed by atoms with E-state index >= 15 is 0 Å². The number of rotatable bonds is 3. The lowest BCUT2D eigenvalue weighted by Crippen LogP contribution is -2.30. The molecule has 0 aliphatic heterocycles. The quantitative estimate of drug-likeness (QED) is 0.911. The van der Waals surface area contributed by atoms with Gasteiger partial charge >= 0.3 is 5.97 Å². The Labute approximate surface area is 109 Å². The maximum atomic E-state index is 12.0. The fraction of sp³-hybridized carbons (Fsp3) is 0.200. The van der Waals surface area contributed by atoms with E-state index in [1.54, 1.807) is 12.3 Å². The highest BCUT2D eigenvalue weighted by atomic mass is 16.4. The van der Waals surface area contributed by atoms with E-state index in [-0.39, 0.29) is 5.56 Å². The van der Waals surface area contributed by atoms with Crippen LogP contribution >= 0.6 is 0 Å². The molecule has 1 heterocycles. The molecule has 0 radical (unpaired) electrons. The molecule has 1 aromatic heterocycles. The summed E-state index contributed by atoms with van der Waals surface area (Å²) in [6.45, 7) is 0.539. The molecule has 1 aromatic carbocycles. The van der Waals surface area contributed by atoms with Crippen molar-refractivity contribution in [2.24, 2.45) is 0 Å². The van der Waals surface area contributed by atoms with E-state index in [1.807, 2.05) is 12.1 Å². The maximum absolute atomic E-state index is 12.0. The molecular weight excluding hydrogens is 242 g/mol. The summed E-state index contributed by atoms with van der Waals surface area (Å²) in [7, 11) is 0. The van der Waals surface area contributed by atoms with Crippen molar-refractivity contribution in [3.05, 3.63) is 69.6 Å². The fourth-order valence-corrected chi connectivity index (χ4v) is 2.61. The van der Waals surface area contributed by atoms with Crippen LogP contribution in [0, 0.1) is 0 Å². The van der Waals surface area contributed by atoms with Gasteiger partial charge in [-0.05, 0) is 29.7 Å². The summed E-state index contributed by atoms with van der Waals surface area (Å²) in [4.78, 5) is 22.9. The Bertz CT molecular complexity index is 703. The average Bonchev–Trinajstić information content (AvgIpc) is 2.37. The van der Waals surface area contributed by atoms with Crippen molar-refractivity contribution in [3.63, 3.8) is 0 Å². The first-order chi connectivity index (χ1) is 9.16. The minimum absolute atomic E-state index is 0.171. The van der Waals surface area contributed by atoms with Crippen molar-refractivity contribution in [1.29, 1.82) is 0 Å². The van der Waals surface area contributed by atoms with E-state index in [0.29, 0.717) is 12.5 Å². The van der Waals surface area contributed by atoms with Gasteiger partial charge in [-0.1, -0.05) is 24.3 Å². The summed E-state index contributed by atoms with van der Waals surface area (Å²) in [6.07, 6.45) is 2.59. The Kier molecular flexibility index (Phi) is 2.71. The topological polar surface area (TPSA) is 59.3 Å². The van der Waals surface area contributed by atoms with Crippen LogP contribution in [0.2, 0.25) is 0 Å². The lowest BCUT2D eigenvalue weighted by molar-refractivity contribution is 0.0694. The standard InChI is InChI=1S/C15H13NO3/c17-14-13(15(18)19)6-3-7-16(14)9-11-8-10-4-1-2-5-12(10)11/h1-7,11H,8-9H2,(H,18,19). The molecule has 4 heteroatoms. The number of carboxylic acids is 1. The zero-order valence-electron chi connectivity index (χ0n) is 10.2. The number of hydrogen-bond donors (Lipinski definition) is 1. The zero-order valence-corrected chi connectivity index (χ0v) is 10.2. The Morgan fingerprint density at radius 1 is 1.26 bits per heavy atom. The molecule has 0 spiro atoms. The lowest BCUT2D eigenvalue weighted by Gasteiger charge is -2.30. The number of benzene rings is 1. The molecule has 1 aliphatic rings. The van der Waals surface area contributed by atoms with E-state index in [4.69, 9.17) is 5.11 Å². The molecule has 1 N–H and O–H groups in total. The van der Waals surface area contributed by atoms with Gasteiger partial charge in [0.25, 0.3) is 5.56 Å². The minimum atomic E-state index is -1.17. The first kappa shape index (κ1) is 11.7. The number of pyridine rings is 1. The lowest BCUT2D eigenvalue weighted by atomic mass is 9.77. The largest absolute Gasteiger partial charge is 0.477 e. The van der Waals surface area contributed by atoms with Crippen LogP contribution in [0.1, 0.15) is 27.4 Å². The van der Waals surface area contributed by atoms with Gasteiger partial charge in [0, 0.05) is 18.7 Å². The highest BCUT2D eigenvalue weighted by Crippen LogP contribution is 2.35. The van der Waals surface area contributed by atoms with E-state index < -0.39 is 11.5 Å². The Morgan fingerprint density at radius 2 is 2.05 bits per heavy atom. The van der Waals surface area contributed by atoms with Crippen LogP contribution < -0.4 is 5.56 Å². The van der Waals surface area contributed by atoms with Crippen molar-refractivity contribution >= 4 is 5.97 Å². The molecule has 0 amide bonds. The van der Waals surface area contributed by atoms with Gasteiger partial charge in [-0.3, -0.25) is 4.79 Å². The van der Waals surface area contributed by atoms with Crippen LogP contribution in [0.25, 0.3) is 0 Å². The molecule has 4 nitrogen and oxygen atoms in total. The second-order valence-corrected chi connectivity index (χ2v) is 4.78. The Morgan fingerprint density at radius 3 is 2.79 bits per heavy atom. The Hall–Kier alpha value is -2.36. The molecule has 3 rings (SSSR count). The first-order valence-electron chi connectivity index (χ1n) is 6.17. The number of carbonyl (C=O) groups is 1. The van der Waals surface area contributed by atoms with Crippen LogP contribution in [-0.2, 0) is 13.0 Å². The van der Waals surface area contributed by atoms with Crippen molar-refractivity contribution in [2.75, 3.05) is 0 Å². The van der Waals surface area contributed by atoms with Crippen LogP contribution in [-0.4, -0.2) is 15.6 Å². The Balaban J connectivity index is 1.89. The van der Waals surface area contributed by atoms with Gasteiger partial charge in [0.1, 0.15) is 5.56 Å². The molecule has 1 aliphatic carbocycles. The van der Waals surface area contributed by atoms with Crippen molar-refractivity contribution < 1.29 is 9.90 Å². The molecule has 96 valence electrons. The smallest absolute Gasteiger partial charge is 0.341 e. The fourth-order valence-electron chi connectivity index (χ4n) is 2.61. The van der Waals surface area contributed by atoms with Gasteiger partial charge < -0.3 is 9.67 Å². The predicted octanol–water partition coefficient (Wildman–Crippen LogP) is 1.89. The third kappa shape index (κ3) is 1.95. The predicted molar refractivity (Wildman–Crippen MR) is 70.5 cm³/mol. The van der Waals surface area contributed by atoms with Gasteiger partial charge in [0.2, 0.25) is 0 Å². The van der Waals surface area contributed by atoms with E-state index in [1.165, 1.54) is 21.8 Å². The van der Waals surface area contributed by atoms with Crippen molar-refractivity contribution in [2.45, 2.75) is 18.9 Å². The molecule has 1 unspecified atom stereocenters. The van der Waals surface area contributed by atoms with Crippen LogP contribution in [0.15, 0.2) is 47.4 Å². The summed E-state index contributed by atoms with van der Waals surface area (Å²) < 4.78 is 1.49. The van der Waals surface area contributed by atoms with Gasteiger partial charge in [-0.25, -0.2) is 4.79 Å². The number of aromatic nitrogens is 1. The van der Waals surface area contributed by atoms with Gasteiger partial charge in [0.15, 0.2) is 0 Å². The molecule has 1 atom stereocenters. The maximum Gasteiger partial charge on any atom is 0.341 e. The number of fused-ring (bicyclic) bond motifs is 1. The number of nitrogens with zero attached hydrogens (tertiary/aromatic N) is 1. The summed E-state index contributed by atoms with van der Waals surface area (Å²) in [5, 5.41) is 8.94. The molecule has 0 saturated heterocycles. The summed E-state index contributed by atoms with van der Waals surface area (Å²) in [6, 6.07) is 11.1. The van der Waals surface area contributed by atoms with Crippen LogP contribution in [0.5, 0.6) is 0 Å². The zero-order chi connectivity index (χ0) is 13.4. The summed E-state index contributed by atoms with van der Waals surface area (Å²) in [5.41, 5.74) is 1.97. The molecule has 0 fully saturated rings. The summed E-state index contributed by atoms with van der Waals surface area (Å²) in [5.74, 6) is -0.869. The van der Waals surface area contributed by atoms with E-state index in [0.717, 1.165) is 6.42 Å². The van der Waals surface area contributed by atoms with Crippen molar-refractivity contribution in [1.82, 2.24) is 4.57 Å². The molecule has 19 heavy (non-hydrogen) atoms. The average molecular weight is 255 g/mol. The van der Waals surface area contributed by atoms with Crippen LogP contribution in [0.3, 0.4) is 0 Å². The van der Waals surface area contributed by atoms with Crippen LogP contribution in [0.4, 0.5) is 0 Å². The molecule has 0 bridgehead atoms. The number of hydrogen-bond acceptors (Lipinski definition) is 2. The van der Waals surface area contributed by atoms with E-state index in [9.17, 15) is 9.59 Å². The highest BCUT2D eigenvalue weighted by molar-refractivity contribution is 5.86. The molecular formula is C15H13NO3. The second-order valence-electron chi connectivity index (χ2n) is 4.78. The molecule has 0 saturated carbocycles. The SMILES string of the molecule is O=C(O)c1cccn(CC2Cc3ccccc32)c1=O. The third-order valence-corrected chi connectivity index (χ3v) is 3.63. The minimum Gasteiger partial charge on any atom is -0.477 e. The normalized spacial score (nSPS) is 16.5. The second kappa shape index (κ2) is 4.39. The number of carboxylic acid groups (broad SMARTS) is 1. The first-order valence-corrected chi connectivity index (χ1v) is 6.17. The summed E-state index contributed by atoms with van der Waals surface area (Å²) >= 11 is 0. The number of aromatic carboxylic acids is 1. The van der Waals surface area contributed by atoms with Gasteiger partial charge in [-0.15, -0.1) is 0 Å². The van der Waals surface area contributed by atoms with E-state index in [2.05, 4.69) is 12.1 Å². The van der Waals surface area contributed by atoms with Crippen molar-refractivity contribution in [3.8, 4) is 0 Å². The van der Waals surface area contributed by atoms with Gasteiger partial charge in [0.05, 0.1) is 0 Å².